The number of hydrogen-bond donors (Lipinski definition) is 1. The summed E-state index contributed by atoms with van der Waals surface area (Å²) in [4.78, 5) is 14.9. The summed E-state index contributed by atoms with van der Waals surface area (Å²) in [5.41, 5.74) is 1.05. The normalized spacial score (nSPS) is 23.5. The maximum Gasteiger partial charge on any atom is 0.261 e. The van der Waals surface area contributed by atoms with E-state index < -0.39 is 10.0 Å². The number of nitrogens with zero attached hydrogens (tertiary/aromatic N) is 1. The van der Waals surface area contributed by atoms with E-state index in [0.717, 1.165) is 32.4 Å². The van der Waals surface area contributed by atoms with E-state index in [-0.39, 0.29) is 5.91 Å². The Kier molecular flexibility index (Phi) is 5.51. The molecule has 1 aliphatic carbocycles. The van der Waals surface area contributed by atoms with Crippen LogP contribution >= 0.6 is 0 Å². The molecule has 2 unspecified atom stereocenters. The van der Waals surface area contributed by atoms with Crippen LogP contribution in [0.5, 0.6) is 0 Å². The molecule has 1 amide bonds. The molecule has 2 atom stereocenters. The van der Waals surface area contributed by atoms with E-state index in [9.17, 15) is 13.2 Å². The van der Waals surface area contributed by atoms with Gasteiger partial charge in [-0.25, -0.2) is 8.42 Å². The van der Waals surface area contributed by atoms with Crippen molar-refractivity contribution in [1.82, 2.24) is 4.90 Å². The molecular formula is C20H26N2O3S. The number of carbonyl (C=O) groups excluding carboxylic acids is 1. The molecule has 0 spiro atoms. The second kappa shape index (κ2) is 7.66. The molecule has 1 fully saturated rings. The Morgan fingerprint density at radius 2 is 1.73 bits per heavy atom. The number of allylic oxidation sites excluding steroid dienone is 3. The second-order valence-corrected chi connectivity index (χ2v) is 9.11. The highest BCUT2D eigenvalue weighted by molar-refractivity contribution is 7.96. The van der Waals surface area contributed by atoms with Gasteiger partial charge < -0.3 is 4.90 Å². The van der Waals surface area contributed by atoms with Crippen LogP contribution in [0.1, 0.15) is 43.5 Å². The first-order valence-corrected chi connectivity index (χ1v) is 10.6. The lowest BCUT2D eigenvalue weighted by molar-refractivity contribution is 0.0623. The van der Waals surface area contributed by atoms with Crippen LogP contribution < -0.4 is 4.72 Å². The number of anilines is 1. The topological polar surface area (TPSA) is 66.5 Å². The van der Waals surface area contributed by atoms with Gasteiger partial charge in [0, 0.05) is 24.3 Å². The van der Waals surface area contributed by atoms with Crippen molar-refractivity contribution in [3.63, 3.8) is 0 Å². The SMILES string of the molecule is CC1CC(C)CN(C(=O)c2ccc(NS(=O)(=O)C3=CCCC=C3)cc2)C1. The van der Waals surface area contributed by atoms with Crippen LogP contribution in [0, 0.1) is 11.8 Å². The van der Waals surface area contributed by atoms with Gasteiger partial charge in [0.25, 0.3) is 15.9 Å². The Hall–Kier alpha value is -2.08. The van der Waals surface area contributed by atoms with Gasteiger partial charge in [0.05, 0.1) is 4.91 Å². The predicted molar refractivity (Wildman–Crippen MR) is 104 cm³/mol. The fraction of sp³-hybridized carbons (Fsp3) is 0.450. The number of carbonyl (C=O) groups is 1. The first kappa shape index (κ1) is 18.7. The Morgan fingerprint density at radius 3 is 2.31 bits per heavy atom. The predicted octanol–water partition coefficient (Wildman–Crippen LogP) is 3.78. The minimum atomic E-state index is -3.58. The smallest absolute Gasteiger partial charge is 0.261 e. The van der Waals surface area contributed by atoms with Gasteiger partial charge in [0.1, 0.15) is 0 Å². The van der Waals surface area contributed by atoms with Crippen molar-refractivity contribution in [3.05, 3.63) is 53.0 Å². The average Bonchev–Trinajstić information content (AvgIpc) is 2.61. The van der Waals surface area contributed by atoms with E-state index in [2.05, 4.69) is 18.6 Å². The first-order chi connectivity index (χ1) is 12.3. The first-order valence-electron chi connectivity index (χ1n) is 9.14. The third-order valence-corrected chi connectivity index (χ3v) is 6.24. The highest BCUT2D eigenvalue weighted by atomic mass is 32.2. The van der Waals surface area contributed by atoms with Crippen LogP contribution in [0.4, 0.5) is 5.69 Å². The number of rotatable bonds is 4. The average molecular weight is 375 g/mol. The lowest BCUT2D eigenvalue weighted by Gasteiger charge is -2.35. The number of hydrogen-bond acceptors (Lipinski definition) is 3. The molecular weight excluding hydrogens is 348 g/mol. The van der Waals surface area contributed by atoms with Gasteiger partial charge in [-0.15, -0.1) is 0 Å². The molecule has 1 N–H and O–H groups in total. The molecule has 1 heterocycles. The van der Waals surface area contributed by atoms with Gasteiger partial charge in [0.15, 0.2) is 0 Å². The van der Waals surface area contributed by atoms with Crippen molar-refractivity contribution in [1.29, 1.82) is 0 Å². The van der Waals surface area contributed by atoms with Crippen molar-refractivity contribution < 1.29 is 13.2 Å². The lowest BCUT2D eigenvalue weighted by Crippen LogP contribution is -2.42. The Labute approximate surface area is 155 Å². The van der Waals surface area contributed by atoms with Gasteiger partial charge in [0.2, 0.25) is 0 Å². The van der Waals surface area contributed by atoms with Gasteiger partial charge in [-0.1, -0.05) is 26.0 Å². The Morgan fingerprint density at radius 1 is 1.08 bits per heavy atom. The van der Waals surface area contributed by atoms with E-state index in [4.69, 9.17) is 0 Å². The minimum absolute atomic E-state index is 0.00993. The van der Waals surface area contributed by atoms with E-state index in [0.29, 0.717) is 28.0 Å². The summed E-state index contributed by atoms with van der Waals surface area (Å²) in [6.07, 6.45) is 7.95. The number of sulfonamides is 1. The van der Waals surface area contributed by atoms with Crippen LogP contribution in [0.2, 0.25) is 0 Å². The molecule has 1 saturated heterocycles. The van der Waals surface area contributed by atoms with Crippen LogP contribution in [-0.4, -0.2) is 32.3 Å². The fourth-order valence-electron chi connectivity index (χ4n) is 3.69. The highest BCUT2D eigenvalue weighted by Crippen LogP contribution is 2.24. The zero-order valence-corrected chi connectivity index (χ0v) is 16.1. The number of likely N-dealkylation sites (tertiary alicyclic amines) is 1. The van der Waals surface area contributed by atoms with Crippen LogP contribution in [-0.2, 0) is 10.0 Å². The standard InChI is InChI=1S/C20H26N2O3S/c1-15-12-16(2)14-22(13-15)20(23)17-8-10-18(11-9-17)21-26(24,25)19-6-4-3-5-7-19/h4,6-11,15-16,21H,3,5,12-14H2,1-2H3. The maximum atomic E-state index is 12.7. The van der Waals surface area contributed by atoms with Crippen molar-refractivity contribution in [2.75, 3.05) is 17.8 Å². The van der Waals surface area contributed by atoms with Gasteiger partial charge in [-0.3, -0.25) is 9.52 Å². The molecule has 26 heavy (non-hydrogen) atoms. The molecule has 1 aromatic carbocycles. The van der Waals surface area contributed by atoms with Crippen LogP contribution in [0.3, 0.4) is 0 Å². The van der Waals surface area contributed by atoms with Gasteiger partial charge in [-0.2, -0.15) is 0 Å². The zero-order valence-electron chi connectivity index (χ0n) is 15.3. The summed E-state index contributed by atoms with van der Waals surface area (Å²) in [6.45, 7) is 5.89. The minimum Gasteiger partial charge on any atom is -0.338 e. The largest absolute Gasteiger partial charge is 0.338 e. The van der Waals surface area contributed by atoms with Crippen molar-refractivity contribution in [2.45, 2.75) is 33.1 Å². The fourth-order valence-corrected chi connectivity index (χ4v) is 4.87. The third kappa shape index (κ3) is 4.36. The summed E-state index contributed by atoms with van der Waals surface area (Å²) < 4.78 is 27.4. The van der Waals surface area contributed by atoms with E-state index in [1.165, 1.54) is 0 Å². The quantitative estimate of drug-likeness (QED) is 0.872. The number of nitrogens with one attached hydrogen (secondary N) is 1. The molecule has 0 bridgehead atoms. The molecule has 1 aliphatic heterocycles. The summed E-state index contributed by atoms with van der Waals surface area (Å²) in [5.74, 6) is 1.02. The second-order valence-electron chi connectivity index (χ2n) is 7.43. The van der Waals surface area contributed by atoms with Crippen molar-refractivity contribution in [3.8, 4) is 0 Å². The highest BCUT2D eigenvalue weighted by Gasteiger charge is 2.26. The third-order valence-electron chi connectivity index (χ3n) is 4.81. The molecule has 1 aromatic rings. The summed E-state index contributed by atoms with van der Waals surface area (Å²) in [5, 5.41) is 0. The molecule has 140 valence electrons. The maximum absolute atomic E-state index is 12.7. The number of piperidine rings is 1. The Balaban J connectivity index is 1.69. The Bertz CT molecular complexity index is 815. The number of amides is 1. The molecule has 0 saturated carbocycles. The summed E-state index contributed by atoms with van der Waals surface area (Å²) in [6, 6.07) is 6.67. The molecule has 2 aliphatic rings. The van der Waals surface area contributed by atoms with E-state index in [1.807, 2.05) is 11.0 Å². The molecule has 3 rings (SSSR count). The summed E-state index contributed by atoms with van der Waals surface area (Å²) >= 11 is 0. The van der Waals surface area contributed by atoms with Crippen LogP contribution in [0.25, 0.3) is 0 Å². The van der Waals surface area contributed by atoms with Crippen LogP contribution in [0.15, 0.2) is 47.4 Å². The number of benzene rings is 1. The molecule has 5 nitrogen and oxygen atoms in total. The monoisotopic (exact) mass is 374 g/mol. The van der Waals surface area contributed by atoms with Gasteiger partial charge in [-0.05, 0) is 61.4 Å². The van der Waals surface area contributed by atoms with Crippen molar-refractivity contribution >= 4 is 21.6 Å². The van der Waals surface area contributed by atoms with Gasteiger partial charge >= 0.3 is 0 Å². The molecule has 0 radical (unpaired) electrons. The van der Waals surface area contributed by atoms with E-state index >= 15 is 0 Å². The molecule has 0 aromatic heterocycles. The van der Waals surface area contributed by atoms with Crippen molar-refractivity contribution in [2.24, 2.45) is 11.8 Å². The summed E-state index contributed by atoms with van der Waals surface area (Å²) in [7, 11) is -3.58. The zero-order chi connectivity index (χ0) is 18.7. The lowest BCUT2D eigenvalue weighted by atomic mass is 9.91. The molecule has 6 heteroatoms. The van der Waals surface area contributed by atoms with E-state index in [1.54, 1.807) is 36.4 Å².